The number of rotatable bonds is 4. The van der Waals surface area contributed by atoms with Crippen molar-refractivity contribution in [2.24, 2.45) is 5.92 Å². The van der Waals surface area contributed by atoms with Crippen molar-refractivity contribution in [3.05, 3.63) is 10.0 Å². The van der Waals surface area contributed by atoms with Crippen LogP contribution >= 0.6 is 22.9 Å². The van der Waals surface area contributed by atoms with Crippen molar-refractivity contribution in [3.63, 3.8) is 0 Å². The van der Waals surface area contributed by atoms with Crippen molar-refractivity contribution in [2.45, 2.75) is 38.2 Å². The molecule has 7 heteroatoms. The van der Waals surface area contributed by atoms with Crippen LogP contribution < -0.4 is 5.32 Å². The van der Waals surface area contributed by atoms with Gasteiger partial charge in [-0.25, -0.2) is 9.78 Å². The van der Waals surface area contributed by atoms with Gasteiger partial charge in [0.2, 0.25) is 0 Å². The minimum atomic E-state index is -0.698. The van der Waals surface area contributed by atoms with Gasteiger partial charge >= 0.3 is 5.97 Å². The van der Waals surface area contributed by atoms with Gasteiger partial charge in [-0.3, -0.25) is 0 Å². The van der Waals surface area contributed by atoms with Crippen LogP contribution in [0, 0.1) is 5.92 Å². The largest absolute Gasteiger partial charge is 0.465 e. The first-order valence-corrected chi connectivity index (χ1v) is 7.84. The second-order valence-corrected chi connectivity index (χ2v) is 6.75. The monoisotopic (exact) mass is 318 g/mol. The molecule has 1 aliphatic rings. The number of nitrogens with one attached hydrogen (secondary N) is 1. The van der Waals surface area contributed by atoms with Crippen LogP contribution in [0.4, 0.5) is 5.13 Å². The SMILES string of the molecule is COC(=O)c1sc(NCC2(O)CCC(C)CC2)nc1Cl. The van der Waals surface area contributed by atoms with E-state index < -0.39 is 11.6 Å². The highest BCUT2D eigenvalue weighted by molar-refractivity contribution is 7.18. The van der Waals surface area contributed by atoms with Crippen LogP contribution in [0.3, 0.4) is 0 Å². The highest BCUT2D eigenvalue weighted by atomic mass is 35.5. The molecule has 0 saturated heterocycles. The summed E-state index contributed by atoms with van der Waals surface area (Å²) in [4.78, 5) is 15.8. The second kappa shape index (κ2) is 6.28. The first-order chi connectivity index (χ1) is 9.43. The van der Waals surface area contributed by atoms with Crippen molar-refractivity contribution >= 4 is 34.0 Å². The fraction of sp³-hybridized carbons (Fsp3) is 0.692. The van der Waals surface area contributed by atoms with E-state index in [-0.39, 0.29) is 10.0 Å². The number of halogens is 1. The number of carbonyl (C=O) groups is 1. The number of hydrogen-bond acceptors (Lipinski definition) is 6. The number of thiazole rings is 1. The summed E-state index contributed by atoms with van der Waals surface area (Å²) in [6.45, 7) is 2.63. The Kier molecular flexibility index (Phi) is 4.88. The molecule has 2 N–H and O–H groups in total. The molecule has 0 radical (unpaired) electrons. The predicted molar refractivity (Wildman–Crippen MR) is 79.5 cm³/mol. The lowest BCUT2D eigenvalue weighted by Crippen LogP contribution is -2.40. The summed E-state index contributed by atoms with van der Waals surface area (Å²) in [7, 11) is 1.30. The van der Waals surface area contributed by atoms with Crippen LogP contribution in [-0.4, -0.2) is 35.3 Å². The smallest absolute Gasteiger partial charge is 0.351 e. The van der Waals surface area contributed by atoms with Crippen LogP contribution in [0.25, 0.3) is 0 Å². The number of esters is 1. The predicted octanol–water partition coefficient (Wildman–Crippen LogP) is 2.94. The Labute approximate surface area is 127 Å². The summed E-state index contributed by atoms with van der Waals surface area (Å²) in [6, 6.07) is 0. The van der Waals surface area contributed by atoms with E-state index >= 15 is 0 Å². The Morgan fingerprint density at radius 3 is 2.85 bits per heavy atom. The zero-order chi connectivity index (χ0) is 14.8. The van der Waals surface area contributed by atoms with Crippen LogP contribution in [0.1, 0.15) is 42.3 Å². The molecule has 0 unspecified atom stereocenters. The lowest BCUT2D eigenvalue weighted by atomic mass is 9.79. The molecule has 1 aromatic heterocycles. The average Bonchev–Trinajstić information content (AvgIpc) is 2.81. The molecule has 0 atom stereocenters. The molecule has 0 aromatic carbocycles. The van der Waals surface area contributed by atoms with Crippen molar-refractivity contribution in [1.29, 1.82) is 0 Å². The molecule has 0 spiro atoms. The Morgan fingerprint density at radius 2 is 2.25 bits per heavy atom. The van der Waals surface area contributed by atoms with Crippen molar-refractivity contribution in [2.75, 3.05) is 19.0 Å². The number of hydrogen-bond donors (Lipinski definition) is 2. The van der Waals surface area contributed by atoms with E-state index in [1.165, 1.54) is 7.11 Å². The normalized spacial score (nSPS) is 26.3. The van der Waals surface area contributed by atoms with Gasteiger partial charge in [0, 0.05) is 6.54 Å². The van der Waals surface area contributed by atoms with E-state index in [1.54, 1.807) is 0 Å². The number of carbonyl (C=O) groups excluding carboxylic acids is 1. The van der Waals surface area contributed by atoms with Crippen LogP contribution in [-0.2, 0) is 4.74 Å². The van der Waals surface area contributed by atoms with E-state index in [0.717, 1.165) is 37.0 Å². The number of nitrogens with zero attached hydrogens (tertiary/aromatic N) is 1. The third-order valence-electron chi connectivity index (χ3n) is 3.73. The summed E-state index contributed by atoms with van der Waals surface area (Å²) in [5.41, 5.74) is -0.698. The topological polar surface area (TPSA) is 71.5 Å². The maximum Gasteiger partial charge on any atom is 0.351 e. The van der Waals surface area contributed by atoms with Gasteiger partial charge in [0.1, 0.15) is 0 Å². The average molecular weight is 319 g/mol. The molecule has 0 amide bonds. The van der Waals surface area contributed by atoms with Crippen LogP contribution in [0.5, 0.6) is 0 Å². The Morgan fingerprint density at radius 1 is 1.60 bits per heavy atom. The lowest BCUT2D eigenvalue weighted by molar-refractivity contribution is 0.00500. The van der Waals surface area contributed by atoms with Crippen molar-refractivity contribution in [1.82, 2.24) is 4.98 Å². The molecule has 112 valence electrons. The van der Waals surface area contributed by atoms with Gasteiger partial charge in [0.05, 0.1) is 12.7 Å². The first kappa shape index (κ1) is 15.5. The van der Waals surface area contributed by atoms with Crippen molar-refractivity contribution < 1.29 is 14.6 Å². The highest BCUT2D eigenvalue weighted by Crippen LogP contribution is 2.33. The molecule has 1 aliphatic carbocycles. The summed E-state index contributed by atoms with van der Waals surface area (Å²) < 4.78 is 4.63. The fourth-order valence-electron chi connectivity index (χ4n) is 2.31. The van der Waals surface area contributed by atoms with Gasteiger partial charge in [0.25, 0.3) is 0 Å². The molecule has 1 aromatic rings. The van der Waals surface area contributed by atoms with Gasteiger partial charge in [-0.1, -0.05) is 29.9 Å². The summed E-state index contributed by atoms with van der Waals surface area (Å²) in [5.74, 6) is 0.182. The van der Waals surface area contributed by atoms with Gasteiger partial charge in [-0.2, -0.15) is 0 Å². The van der Waals surface area contributed by atoms with E-state index in [1.807, 2.05) is 0 Å². The summed E-state index contributed by atoms with van der Waals surface area (Å²) in [5, 5.41) is 14.2. The molecule has 1 fully saturated rings. The molecule has 0 bridgehead atoms. The number of aliphatic hydroxyl groups is 1. The zero-order valence-electron chi connectivity index (χ0n) is 11.6. The van der Waals surface area contributed by atoms with Crippen LogP contribution in [0.2, 0.25) is 5.15 Å². The Hall–Kier alpha value is -0.850. The number of anilines is 1. The molecule has 20 heavy (non-hydrogen) atoms. The van der Waals surface area contributed by atoms with Crippen molar-refractivity contribution in [3.8, 4) is 0 Å². The second-order valence-electron chi connectivity index (χ2n) is 5.39. The summed E-state index contributed by atoms with van der Waals surface area (Å²) >= 11 is 7.03. The lowest BCUT2D eigenvalue weighted by Gasteiger charge is -2.34. The molecule has 1 heterocycles. The molecule has 1 saturated carbocycles. The molecule has 2 rings (SSSR count). The maximum atomic E-state index is 11.4. The summed E-state index contributed by atoms with van der Waals surface area (Å²) in [6.07, 6.45) is 3.63. The molecular formula is C13H19ClN2O3S. The Balaban J connectivity index is 1.96. The van der Waals surface area contributed by atoms with Gasteiger partial charge in [-0.05, 0) is 31.6 Å². The number of aromatic nitrogens is 1. The van der Waals surface area contributed by atoms with E-state index in [2.05, 4.69) is 22.0 Å². The quantitative estimate of drug-likeness (QED) is 0.835. The van der Waals surface area contributed by atoms with Gasteiger partial charge in [0.15, 0.2) is 15.2 Å². The van der Waals surface area contributed by atoms with E-state index in [4.69, 9.17) is 11.6 Å². The van der Waals surface area contributed by atoms with E-state index in [9.17, 15) is 9.90 Å². The maximum absolute atomic E-state index is 11.4. The molecular weight excluding hydrogens is 300 g/mol. The zero-order valence-corrected chi connectivity index (χ0v) is 13.2. The molecule has 0 aliphatic heterocycles. The third kappa shape index (κ3) is 3.62. The van der Waals surface area contributed by atoms with Gasteiger partial charge < -0.3 is 15.2 Å². The van der Waals surface area contributed by atoms with E-state index in [0.29, 0.717) is 17.6 Å². The first-order valence-electron chi connectivity index (χ1n) is 6.64. The fourth-order valence-corrected chi connectivity index (χ4v) is 3.41. The van der Waals surface area contributed by atoms with Gasteiger partial charge in [-0.15, -0.1) is 0 Å². The highest BCUT2D eigenvalue weighted by Gasteiger charge is 2.32. The third-order valence-corrected chi connectivity index (χ3v) is 5.11. The minimum Gasteiger partial charge on any atom is -0.465 e. The number of ether oxygens (including phenoxy) is 1. The van der Waals surface area contributed by atoms with Crippen LogP contribution in [0.15, 0.2) is 0 Å². The standard InChI is InChI=1S/C13H19ClN2O3S/c1-8-3-5-13(18,6-4-8)7-15-12-16-10(14)9(20-12)11(17)19-2/h8,18H,3-7H2,1-2H3,(H,15,16). The Bertz CT molecular complexity index is 484. The molecule has 5 nitrogen and oxygen atoms in total. The number of methoxy groups -OCH3 is 1. The minimum absolute atomic E-state index is 0.133.